The Balaban J connectivity index is 2.34. The Morgan fingerprint density at radius 1 is 1.05 bits per heavy atom. The first-order valence-corrected chi connectivity index (χ1v) is 6.89. The van der Waals surface area contributed by atoms with Gasteiger partial charge in [-0.1, -0.05) is 0 Å². The van der Waals surface area contributed by atoms with Gasteiger partial charge in [0.15, 0.2) is 0 Å². The molecule has 0 radical (unpaired) electrons. The first-order valence-electron chi connectivity index (χ1n) is 6.89. The summed E-state index contributed by atoms with van der Waals surface area (Å²) >= 11 is 0. The molecule has 0 heterocycles. The van der Waals surface area contributed by atoms with E-state index in [4.69, 9.17) is 5.11 Å². The standard InChI is InChI=1S/C17H17NO4/c1-3-18(15-9-8-14(19)10-11(15)2)16(20)12-4-6-13(7-5-12)17(21)22/h4-10,19H,3H2,1-2H3,(H,21,22). The molecule has 0 aliphatic carbocycles. The van der Waals surface area contributed by atoms with Gasteiger partial charge < -0.3 is 15.1 Å². The number of carbonyl (C=O) groups excluding carboxylic acids is 1. The van der Waals surface area contributed by atoms with Crippen LogP contribution in [0.2, 0.25) is 0 Å². The van der Waals surface area contributed by atoms with Crippen LogP contribution in [0.4, 0.5) is 5.69 Å². The predicted octanol–water partition coefficient (Wildman–Crippen LogP) is 3.07. The Morgan fingerprint density at radius 2 is 1.64 bits per heavy atom. The van der Waals surface area contributed by atoms with Crippen molar-refractivity contribution >= 4 is 17.6 Å². The van der Waals surface area contributed by atoms with E-state index < -0.39 is 5.97 Å². The lowest BCUT2D eigenvalue weighted by molar-refractivity contribution is 0.0696. The number of aromatic hydroxyl groups is 1. The van der Waals surface area contributed by atoms with Gasteiger partial charge in [0.25, 0.3) is 5.91 Å². The molecule has 0 fully saturated rings. The summed E-state index contributed by atoms with van der Waals surface area (Å²) in [6.07, 6.45) is 0. The first kappa shape index (κ1) is 15.6. The Bertz CT molecular complexity index is 707. The summed E-state index contributed by atoms with van der Waals surface area (Å²) in [5, 5.41) is 18.4. The molecular weight excluding hydrogens is 282 g/mol. The van der Waals surface area contributed by atoms with Crippen LogP contribution in [-0.4, -0.2) is 28.6 Å². The van der Waals surface area contributed by atoms with E-state index in [0.29, 0.717) is 17.8 Å². The van der Waals surface area contributed by atoms with Crippen molar-refractivity contribution in [2.75, 3.05) is 11.4 Å². The van der Waals surface area contributed by atoms with Crippen LogP contribution in [0, 0.1) is 6.92 Å². The largest absolute Gasteiger partial charge is 0.508 e. The molecule has 0 aliphatic heterocycles. The molecule has 22 heavy (non-hydrogen) atoms. The van der Waals surface area contributed by atoms with E-state index in [0.717, 1.165) is 5.56 Å². The van der Waals surface area contributed by atoms with Gasteiger partial charge in [-0.3, -0.25) is 4.79 Å². The molecule has 5 nitrogen and oxygen atoms in total. The zero-order chi connectivity index (χ0) is 16.3. The minimum absolute atomic E-state index is 0.139. The SMILES string of the molecule is CCN(C(=O)c1ccc(C(=O)O)cc1)c1ccc(O)cc1C. The van der Waals surface area contributed by atoms with Crippen molar-refractivity contribution in [3.05, 3.63) is 59.2 Å². The molecule has 0 atom stereocenters. The maximum atomic E-state index is 12.6. The highest BCUT2D eigenvalue weighted by atomic mass is 16.4. The predicted molar refractivity (Wildman–Crippen MR) is 83.6 cm³/mol. The van der Waals surface area contributed by atoms with Crippen LogP contribution in [0.3, 0.4) is 0 Å². The molecule has 0 saturated heterocycles. The fourth-order valence-corrected chi connectivity index (χ4v) is 2.28. The third-order valence-electron chi connectivity index (χ3n) is 3.41. The Hall–Kier alpha value is -2.82. The van der Waals surface area contributed by atoms with E-state index in [9.17, 15) is 14.7 Å². The molecule has 0 aromatic heterocycles. The lowest BCUT2D eigenvalue weighted by Gasteiger charge is -2.23. The Labute approximate surface area is 128 Å². The van der Waals surface area contributed by atoms with Crippen molar-refractivity contribution in [2.45, 2.75) is 13.8 Å². The number of aromatic carboxylic acids is 1. The second-order valence-corrected chi connectivity index (χ2v) is 4.90. The zero-order valence-electron chi connectivity index (χ0n) is 12.4. The maximum absolute atomic E-state index is 12.6. The maximum Gasteiger partial charge on any atom is 0.335 e. The van der Waals surface area contributed by atoms with E-state index >= 15 is 0 Å². The molecule has 0 saturated carbocycles. The van der Waals surface area contributed by atoms with Crippen molar-refractivity contribution in [3.63, 3.8) is 0 Å². The van der Waals surface area contributed by atoms with E-state index in [1.807, 2.05) is 13.8 Å². The van der Waals surface area contributed by atoms with E-state index in [2.05, 4.69) is 0 Å². The third kappa shape index (κ3) is 3.09. The molecule has 0 aliphatic rings. The fraction of sp³-hybridized carbons (Fsp3) is 0.176. The number of hydrogen-bond donors (Lipinski definition) is 2. The molecule has 0 spiro atoms. The molecule has 0 unspecified atom stereocenters. The van der Waals surface area contributed by atoms with Gasteiger partial charge in [0.05, 0.1) is 5.56 Å². The molecule has 1 amide bonds. The highest BCUT2D eigenvalue weighted by Crippen LogP contribution is 2.25. The number of carboxylic acid groups (broad SMARTS) is 1. The van der Waals surface area contributed by atoms with Gasteiger partial charge >= 0.3 is 5.97 Å². The average Bonchev–Trinajstić information content (AvgIpc) is 2.50. The molecule has 114 valence electrons. The van der Waals surface area contributed by atoms with Crippen molar-refractivity contribution in [2.24, 2.45) is 0 Å². The van der Waals surface area contributed by atoms with Crippen molar-refractivity contribution < 1.29 is 19.8 Å². The number of phenolic OH excluding ortho intramolecular Hbond substituents is 1. The number of carboxylic acids is 1. The van der Waals surface area contributed by atoms with Crippen LogP contribution in [-0.2, 0) is 0 Å². The number of nitrogens with zero attached hydrogens (tertiary/aromatic N) is 1. The lowest BCUT2D eigenvalue weighted by atomic mass is 10.1. The summed E-state index contributed by atoms with van der Waals surface area (Å²) in [7, 11) is 0. The highest BCUT2D eigenvalue weighted by molar-refractivity contribution is 6.06. The van der Waals surface area contributed by atoms with E-state index in [1.165, 1.54) is 30.3 Å². The number of anilines is 1. The monoisotopic (exact) mass is 299 g/mol. The number of hydrogen-bond acceptors (Lipinski definition) is 3. The number of rotatable bonds is 4. The normalized spacial score (nSPS) is 10.3. The second-order valence-electron chi connectivity index (χ2n) is 4.90. The molecular formula is C17H17NO4. The van der Waals surface area contributed by atoms with Gasteiger partial charge in [0.2, 0.25) is 0 Å². The molecule has 2 aromatic rings. The van der Waals surface area contributed by atoms with Crippen molar-refractivity contribution in [1.29, 1.82) is 0 Å². The molecule has 2 N–H and O–H groups in total. The van der Waals surface area contributed by atoms with Gasteiger partial charge in [-0.25, -0.2) is 4.79 Å². The van der Waals surface area contributed by atoms with Crippen LogP contribution in [0.5, 0.6) is 5.75 Å². The lowest BCUT2D eigenvalue weighted by Crippen LogP contribution is -2.31. The number of phenols is 1. The van der Waals surface area contributed by atoms with Gasteiger partial charge in [-0.15, -0.1) is 0 Å². The zero-order valence-corrected chi connectivity index (χ0v) is 12.4. The van der Waals surface area contributed by atoms with Crippen LogP contribution >= 0.6 is 0 Å². The molecule has 0 bridgehead atoms. The van der Waals surface area contributed by atoms with E-state index in [1.54, 1.807) is 17.0 Å². The summed E-state index contributed by atoms with van der Waals surface area (Å²) in [6.45, 7) is 4.14. The quantitative estimate of drug-likeness (QED) is 0.909. The second kappa shape index (κ2) is 6.30. The van der Waals surface area contributed by atoms with Gasteiger partial charge in [0, 0.05) is 17.8 Å². The summed E-state index contributed by atoms with van der Waals surface area (Å²) < 4.78 is 0. The summed E-state index contributed by atoms with van der Waals surface area (Å²) in [5.41, 5.74) is 2.06. The first-order chi connectivity index (χ1) is 10.4. The van der Waals surface area contributed by atoms with Crippen LogP contribution in [0.25, 0.3) is 0 Å². The van der Waals surface area contributed by atoms with Crippen LogP contribution in [0.1, 0.15) is 33.2 Å². The van der Waals surface area contributed by atoms with Gasteiger partial charge in [0.1, 0.15) is 5.75 Å². The van der Waals surface area contributed by atoms with Crippen LogP contribution in [0.15, 0.2) is 42.5 Å². The summed E-state index contributed by atoms with van der Waals surface area (Å²) in [4.78, 5) is 25.0. The third-order valence-corrected chi connectivity index (χ3v) is 3.41. The molecule has 2 rings (SSSR count). The Morgan fingerprint density at radius 3 is 2.14 bits per heavy atom. The minimum Gasteiger partial charge on any atom is -0.508 e. The number of carbonyl (C=O) groups is 2. The van der Waals surface area contributed by atoms with Crippen molar-refractivity contribution in [3.8, 4) is 5.75 Å². The highest BCUT2D eigenvalue weighted by Gasteiger charge is 2.18. The summed E-state index contributed by atoms with van der Waals surface area (Å²) in [5.74, 6) is -1.09. The summed E-state index contributed by atoms with van der Waals surface area (Å²) in [6, 6.07) is 10.6. The smallest absolute Gasteiger partial charge is 0.335 e. The molecule has 5 heteroatoms. The number of amides is 1. The number of aryl methyl sites for hydroxylation is 1. The topological polar surface area (TPSA) is 77.8 Å². The van der Waals surface area contributed by atoms with Gasteiger partial charge in [-0.2, -0.15) is 0 Å². The van der Waals surface area contributed by atoms with Crippen LogP contribution < -0.4 is 4.90 Å². The molecule has 2 aromatic carbocycles. The van der Waals surface area contributed by atoms with E-state index in [-0.39, 0.29) is 17.2 Å². The van der Waals surface area contributed by atoms with Crippen molar-refractivity contribution in [1.82, 2.24) is 0 Å². The Kier molecular flexibility index (Phi) is 4.46. The van der Waals surface area contributed by atoms with Gasteiger partial charge in [-0.05, 0) is 61.9 Å². The minimum atomic E-state index is -1.03. The average molecular weight is 299 g/mol. The number of benzene rings is 2. The fourth-order valence-electron chi connectivity index (χ4n) is 2.28.